The first-order valence-corrected chi connectivity index (χ1v) is 7.13. The number of aryl methyl sites for hydroxylation is 1. The summed E-state index contributed by atoms with van der Waals surface area (Å²) < 4.78 is 1.32. The molecule has 2 aromatic heterocycles. The summed E-state index contributed by atoms with van der Waals surface area (Å²) in [5, 5.41) is 2.82. The van der Waals surface area contributed by atoms with Crippen molar-refractivity contribution in [3.05, 3.63) is 33.9 Å². The Balaban J connectivity index is 1.74. The lowest BCUT2D eigenvalue weighted by Crippen LogP contribution is -2.47. The number of amides is 1. The average Bonchev–Trinajstić information content (AvgIpc) is 3.10. The van der Waals surface area contributed by atoms with Gasteiger partial charge in [0.2, 0.25) is 0 Å². The van der Waals surface area contributed by atoms with E-state index < -0.39 is 0 Å². The molecule has 1 N–H and O–H groups in total. The van der Waals surface area contributed by atoms with Gasteiger partial charge in [0.05, 0.1) is 0 Å². The zero-order valence-electron chi connectivity index (χ0n) is 12.0. The third-order valence-corrected chi connectivity index (χ3v) is 4.63. The van der Waals surface area contributed by atoms with Gasteiger partial charge in [0, 0.05) is 43.1 Å². The van der Waals surface area contributed by atoms with Crippen LogP contribution in [0.2, 0.25) is 0 Å². The first-order chi connectivity index (χ1) is 10.0. The van der Waals surface area contributed by atoms with Gasteiger partial charge in [0.1, 0.15) is 5.56 Å². The second-order valence-electron chi connectivity index (χ2n) is 6.02. The summed E-state index contributed by atoms with van der Waals surface area (Å²) in [5.74, 6) is -0.0353. The standard InChI is InChI=1S/C14H17N5O2/c1-8-3-12(20)19-13(16-8)11(5-15-19)14(21)18-7-9-4-10(18)6-17(9)2/h3,5,9-10,15H,4,6-7H2,1-2H3/t9-,10-/m0/s1. The summed E-state index contributed by atoms with van der Waals surface area (Å²) in [7, 11) is 2.10. The minimum absolute atomic E-state index is 0.0353. The third-order valence-electron chi connectivity index (χ3n) is 4.63. The van der Waals surface area contributed by atoms with Gasteiger partial charge >= 0.3 is 0 Å². The Kier molecular flexibility index (Phi) is 2.50. The van der Waals surface area contributed by atoms with E-state index in [0.717, 1.165) is 19.5 Å². The van der Waals surface area contributed by atoms with Crippen LogP contribution in [-0.2, 0) is 0 Å². The van der Waals surface area contributed by atoms with Crippen molar-refractivity contribution in [1.82, 2.24) is 24.4 Å². The summed E-state index contributed by atoms with van der Waals surface area (Å²) in [6.07, 6.45) is 2.62. The van der Waals surface area contributed by atoms with Crippen molar-refractivity contribution in [1.29, 1.82) is 0 Å². The average molecular weight is 287 g/mol. The van der Waals surface area contributed by atoms with Crippen LogP contribution < -0.4 is 5.56 Å². The van der Waals surface area contributed by atoms with Gasteiger partial charge in [0.15, 0.2) is 5.65 Å². The van der Waals surface area contributed by atoms with Crippen LogP contribution >= 0.6 is 0 Å². The summed E-state index contributed by atoms with van der Waals surface area (Å²) >= 11 is 0. The summed E-state index contributed by atoms with van der Waals surface area (Å²) in [6.45, 7) is 3.44. The molecule has 7 heteroatoms. The first-order valence-electron chi connectivity index (χ1n) is 7.13. The molecule has 110 valence electrons. The summed E-state index contributed by atoms with van der Waals surface area (Å²) in [4.78, 5) is 33.2. The molecule has 2 atom stereocenters. The summed E-state index contributed by atoms with van der Waals surface area (Å²) in [5.41, 5.74) is 1.32. The van der Waals surface area contributed by atoms with Gasteiger partial charge in [-0.05, 0) is 20.4 Å². The lowest BCUT2D eigenvalue weighted by Gasteiger charge is -2.31. The number of fused-ring (bicyclic) bond motifs is 3. The number of hydrogen-bond donors (Lipinski definition) is 1. The number of carbonyl (C=O) groups excluding carboxylic acids is 1. The molecule has 2 aromatic rings. The fourth-order valence-electron chi connectivity index (χ4n) is 3.52. The quantitative estimate of drug-likeness (QED) is 0.792. The highest BCUT2D eigenvalue weighted by Gasteiger charge is 2.44. The number of likely N-dealkylation sites (N-methyl/N-ethyl adjacent to an activating group) is 1. The van der Waals surface area contributed by atoms with Crippen molar-refractivity contribution < 1.29 is 4.79 Å². The van der Waals surface area contributed by atoms with Crippen LogP contribution in [-0.4, -0.2) is 62.5 Å². The van der Waals surface area contributed by atoms with Gasteiger partial charge in [-0.25, -0.2) is 9.50 Å². The van der Waals surface area contributed by atoms with Crippen LogP contribution in [0.25, 0.3) is 5.65 Å². The SMILES string of the molecule is Cc1cc(=O)n2[nH]cc(C(=O)N3C[C@@H]4C[C@H]3CN4C)c2n1. The molecule has 2 aliphatic heterocycles. The lowest BCUT2D eigenvalue weighted by atomic mass is 10.2. The van der Waals surface area contributed by atoms with Crippen molar-refractivity contribution in [2.45, 2.75) is 25.4 Å². The number of aromatic nitrogens is 3. The molecule has 2 aliphatic rings. The van der Waals surface area contributed by atoms with Crippen molar-refractivity contribution in [3.8, 4) is 0 Å². The van der Waals surface area contributed by atoms with Gasteiger partial charge in [0.25, 0.3) is 11.5 Å². The van der Waals surface area contributed by atoms with Crippen LogP contribution in [0, 0.1) is 6.92 Å². The molecule has 7 nitrogen and oxygen atoms in total. The molecule has 0 aromatic carbocycles. The maximum Gasteiger partial charge on any atom is 0.272 e. The molecule has 21 heavy (non-hydrogen) atoms. The van der Waals surface area contributed by atoms with Crippen molar-refractivity contribution in [2.24, 2.45) is 0 Å². The Bertz CT molecular complexity index is 790. The fraction of sp³-hybridized carbons (Fsp3) is 0.500. The number of aromatic amines is 1. The van der Waals surface area contributed by atoms with Crippen molar-refractivity contribution >= 4 is 11.6 Å². The molecule has 0 radical (unpaired) electrons. The van der Waals surface area contributed by atoms with Gasteiger partial charge in [-0.1, -0.05) is 0 Å². The van der Waals surface area contributed by atoms with E-state index in [9.17, 15) is 9.59 Å². The smallest absolute Gasteiger partial charge is 0.272 e. The monoisotopic (exact) mass is 287 g/mol. The number of rotatable bonds is 1. The third kappa shape index (κ3) is 1.73. The number of H-pyrrole nitrogens is 1. The van der Waals surface area contributed by atoms with E-state index in [1.165, 1.54) is 10.6 Å². The van der Waals surface area contributed by atoms with Crippen molar-refractivity contribution in [3.63, 3.8) is 0 Å². The van der Waals surface area contributed by atoms with Gasteiger partial charge < -0.3 is 4.90 Å². The van der Waals surface area contributed by atoms with Crippen molar-refractivity contribution in [2.75, 3.05) is 20.1 Å². The molecule has 2 saturated heterocycles. The zero-order chi connectivity index (χ0) is 14.7. The number of nitrogens with one attached hydrogen (secondary N) is 1. The fourth-order valence-corrected chi connectivity index (χ4v) is 3.52. The number of carbonyl (C=O) groups is 1. The molecule has 2 bridgehead atoms. The molecule has 0 spiro atoms. The second-order valence-corrected chi connectivity index (χ2v) is 6.02. The number of piperazine rings is 1. The minimum atomic E-state index is -0.195. The predicted octanol–water partition coefficient (Wildman–Crippen LogP) is -0.140. The molecule has 4 heterocycles. The van der Waals surface area contributed by atoms with Crippen LogP contribution in [0.1, 0.15) is 22.5 Å². The highest BCUT2D eigenvalue weighted by atomic mass is 16.2. The van der Waals surface area contributed by atoms with Crippen LogP contribution in [0.4, 0.5) is 0 Å². The summed E-state index contributed by atoms with van der Waals surface area (Å²) in [6, 6.07) is 2.19. The molecule has 0 unspecified atom stereocenters. The Hall–Kier alpha value is -2.15. The largest absolute Gasteiger partial charge is 0.333 e. The number of nitrogens with zero attached hydrogens (tertiary/aromatic N) is 4. The predicted molar refractivity (Wildman–Crippen MR) is 76.4 cm³/mol. The molecule has 1 amide bonds. The van der Waals surface area contributed by atoms with Crippen LogP contribution in [0.15, 0.2) is 17.1 Å². The Labute approximate surface area is 121 Å². The van der Waals surface area contributed by atoms with E-state index in [2.05, 4.69) is 22.0 Å². The molecule has 0 aliphatic carbocycles. The maximum absolute atomic E-state index is 12.8. The highest BCUT2D eigenvalue weighted by Crippen LogP contribution is 2.30. The Morgan fingerprint density at radius 3 is 2.86 bits per heavy atom. The van der Waals surface area contributed by atoms with Gasteiger partial charge in [-0.3, -0.25) is 19.6 Å². The van der Waals surface area contributed by atoms with Gasteiger partial charge in [-0.15, -0.1) is 0 Å². The Morgan fingerprint density at radius 2 is 2.19 bits per heavy atom. The van der Waals surface area contributed by atoms with Crippen LogP contribution in [0.3, 0.4) is 0 Å². The van der Waals surface area contributed by atoms with Gasteiger partial charge in [-0.2, -0.15) is 0 Å². The van der Waals surface area contributed by atoms with E-state index in [4.69, 9.17) is 0 Å². The minimum Gasteiger partial charge on any atom is -0.333 e. The molecular formula is C14H17N5O2. The number of likely N-dealkylation sites (tertiary alicyclic amines) is 2. The second kappa shape index (κ2) is 4.17. The zero-order valence-corrected chi connectivity index (χ0v) is 12.0. The van der Waals surface area contributed by atoms with E-state index in [1.807, 2.05) is 4.90 Å². The highest BCUT2D eigenvalue weighted by molar-refractivity contribution is 6.00. The number of hydrogen-bond acceptors (Lipinski definition) is 4. The lowest BCUT2D eigenvalue weighted by molar-refractivity contribution is 0.0652. The van der Waals surface area contributed by atoms with E-state index >= 15 is 0 Å². The van der Waals surface area contributed by atoms with Crippen LogP contribution in [0.5, 0.6) is 0 Å². The molecule has 2 fully saturated rings. The first kappa shape index (κ1) is 12.6. The van der Waals surface area contributed by atoms with E-state index in [-0.39, 0.29) is 17.5 Å². The molecular weight excluding hydrogens is 270 g/mol. The van der Waals surface area contributed by atoms with E-state index in [1.54, 1.807) is 13.1 Å². The Morgan fingerprint density at radius 1 is 1.38 bits per heavy atom. The van der Waals surface area contributed by atoms with E-state index in [0.29, 0.717) is 22.9 Å². The normalized spacial score (nSPS) is 25.1. The molecule has 0 saturated carbocycles. The topological polar surface area (TPSA) is 73.7 Å². The maximum atomic E-state index is 12.8. The molecule has 4 rings (SSSR count).